The van der Waals surface area contributed by atoms with Crippen LogP contribution in [-0.4, -0.2) is 32.1 Å². The van der Waals surface area contributed by atoms with Crippen molar-refractivity contribution in [2.45, 2.75) is 17.9 Å². The molecule has 0 aliphatic heterocycles. The van der Waals surface area contributed by atoms with Crippen molar-refractivity contribution >= 4 is 21.6 Å². The highest BCUT2D eigenvalue weighted by atomic mass is 32.2. The van der Waals surface area contributed by atoms with Crippen LogP contribution in [0.25, 0.3) is 0 Å². The summed E-state index contributed by atoms with van der Waals surface area (Å²) in [6, 6.07) is 21.6. The smallest absolute Gasteiger partial charge is 0.264 e. The number of aliphatic hydroxyl groups excluding tert-OH is 1. The summed E-state index contributed by atoms with van der Waals surface area (Å²) in [4.78, 5) is 11.4. The van der Waals surface area contributed by atoms with Crippen LogP contribution in [0.15, 0.2) is 83.8 Å². The molecule has 1 amide bonds. The van der Waals surface area contributed by atoms with Gasteiger partial charge in [-0.3, -0.25) is 9.10 Å². The highest BCUT2D eigenvalue weighted by Crippen LogP contribution is 2.28. The Morgan fingerprint density at radius 1 is 0.967 bits per heavy atom. The molecule has 30 heavy (non-hydrogen) atoms. The number of nitrogens with two attached hydrogens (primary N) is 1. The topological polar surface area (TPSA) is 110 Å². The molecule has 3 N–H and O–H groups in total. The molecular formula is C22H22N2O5S. The first kappa shape index (κ1) is 21.4. The minimum atomic E-state index is -4.03. The number of aliphatic hydroxyl groups is 1. The molecule has 0 heterocycles. The zero-order chi connectivity index (χ0) is 21.7. The Hall–Kier alpha value is -3.36. The number of nitrogens with zero attached hydrogens (tertiary/aromatic N) is 1. The number of hydrogen-bond acceptors (Lipinski definition) is 5. The molecule has 0 saturated carbocycles. The molecule has 8 heteroatoms. The van der Waals surface area contributed by atoms with Crippen molar-refractivity contribution in [3.8, 4) is 11.5 Å². The van der Waals surface area contributed by atoms with E-state index in [2.05, 4.69) is 0 Å². The van der Waals surface area contributed by atoms with Gasteiger partial charge in [-0.25, -0.2) is 8.42 Å². The van der Waals surface area contributed by atoms with E-state index in [-0.39, 0.29) is 10.6 Å². The molecule has 0 aliphatic rings. The van der Waals surface area contributed by atoms with Gasteiger partial charge in [0.15, 0.2) is 6.10 Å². The van der Waals surface area contributed by atoms with Crippen LogP contribution in [0.4, 0.5) is 5.69 Å². The van der Waals surface area contributed by atoms with Gasteiger partial charge in [0.05, 0.1) is 17.1 Å². The molecule has 3 rings (SSSR count). The minimum absolute atomic E-state index is 0.0293. The predicted octanol–water partition coefficient (Wildman–Crippen LogP) is 2.83. The summed E-state index contributed by atoms with van der Waals surface area (Å²) in [5, 5.41) is 9.93. The molecule has 0 aliphatic carbocycles. The number of amides is 1. The number of benzene rings is 3. The molecule has 7 nitrogen and oxygen atoms in total. The number of aryl methyl sites for hydroxylation is 1. The van der Waals surface area contributed by atoms with E-state index in [1.165, 1.54) is 24.3 Å². The number of rotatable bonds is 8. The first-order chi connectivity index (χ1) is 14.3. The summed E-state index contributed by atoms with van der Waals surface area (Å²) in [5.41, 5.74) is 6.50. The standard InChI is InChI=1S/C22H22N2O5S/c1-16-7-11-18(12-8-16)29-19-13-9-17(10-14-19)24(15-21(25)22(23)26)30(27,28)20-5-3-2-4-6-20/h2-14,21,25H,15H2,1H3,(H2,23,26)/t21-/m0/s1. The molecule has 0 spiro atoms. The molecule has 0 aromatic heterocycles. The molecule has 0 fully saturated rings. The Balaban J connectivity index is 1.91. The zero-order valence-corrected chi connectivity index (χ0v) is 17.1. The molecule has 3 aromatic rings. The van der Waals surface area contributed by atoms with Crippen molar-refractivity contribution in [2.75, 3.05) is 10.8 Å². The van der Waals surface area contributed by atoms with Crippen LogP contribution in [0.2, 0.25) is 0 Å². The average molecular weight is 426 g/mol. The van der Waals surface area contributed by atoms with Gasteiger partial charge in [0.25, 0.3) is 10.0 Å². The second-order valence-electron chi connectivity index (χ2n) is 6.68. The number of primary amides is 1. The number of anilines is 1. The lowest BCUT2D eigenvalue weighted by molar-refractivity contribution is -0.125. The van der Waals surface area contributed by atoms with E-state index in [1.807, 2.05) is 31.2 Å². The number of sulfonamides is 1. The lowest BCUT2D eigenvalue weighted by atomic mass is 10.2. The van der Waals surface area contributed by atoms with Gasteiger partial charge in [-0.15, -0.1) is 0 Å². The van der Waals surface area contributed by atoms with Gasteiger partial charge < -0.3 is 15.6 Å². The van der Waals surface area contributed by atoms with Crippen LogP contribution < -0.4 is 14.8 Å². The third-order valence-electron chi connectivity index (χ3n) is 4.38. The van der Waals surface area contributed by atoms with Crippen molar-refractivity contribution < 1.29 is 23.1 Å². The fourth-order valence-electron chi connectivity index (χ4n) is 2.73. The van der Waals surface area contributed by atoms with Crippen molar-refractivity contribution in [3.05, 3.63) is 84.4 Å². The van der Waals surface area contributed by atoms with Gasteiger partial charge in [-0.05, 0) is 55.5 Å². The maximum atomic E-state index is 13.1. The van der Waals surface area contributed by atoms with Crippen molar-refractivity contribution in [2.24, 2.45) is 5.73 Å². The van der Waals surface area contributed by atoms with Gasteiger partial charge in [-0.1, -0.05) is 35.9 Å². The van der Waals surface area contributed by atoms with E-state index in [4.69, 9.17) is 10.5 Å². The molecule has 3 aromatic carbocycles. The van der Waals surface area contributed by atoms with E-state index >= 15 is 0 Å². The van der Waals surface area contributed by atoms with E-state index in [9.17, 15) is 18.3 Å². The van der Waals surface area contributed by atoms with E-state index in [1.54, 1.807) is 30.3 Å². The number of carbonyl (C=O) groups excluding carboxylic acids is 1. The lowest BCUT2D eigenvalue weighted by Crippen LogP contribution is -2.43. The van der Waals surface area contributed by atoms with Crippen LogP contribution in [0.3, 0.4) is 0 Å². The van der Waals surface area contributed by atoms with Gasteiger partial charge in [-0.2, -0.15) is 0 Å². The Bertz CT molecular complexity index is 1100. The summed E-state index contributed by atoms with van der Waals surface area (Å²) >= 11 is 0. The molecule has 0 bridgehead atoms. The first-order valence-corrected chi connectivity index (χ1v) is 10.6. The summed E-state index contributed by atoms with van der Waals surface area (Å²) in [6.07, 6.45) is -1.66. The fraction of sp³-hybridized carbons (Fsp3) is 0.136. The quantitative estimate of drug-likeness (QED) is 0.576. The van der Waals surface area contributed by atoms with Crippen molar-refractivity contribution in [1.82, 2.24) is 0 Å². The second kappa shape index (κ2) is 8.98. The van der Waals surface area contributed by atoms with Crippen LogP contribution >= 0.6 is 0 Å². The van der Waals surface area contributed by atoms with Crippen LogP contribution in [0.5, 0.6) is 11.5 Å². The van der Waals surface area contributed by atoms with Crippen LogP contribution in [0.1, 0.15) is 5.56 Å². The highest BCUT2D eigenvalue weighted by Gasteiger charge is 2.28. The van der Waals surface area contributed by atoms with Gasteiger partial charge in [0.2, 0.25) is 5.91 Å². The number of hydrogen-bond donors (Lipinski definition) is 2. The number of carbonyl (C=O) groups is 1. The van der Waals surface area contributed by atoms with Crippen molar-refractivity contribution in [1.29, 1.82) is 0 Å². The first-order valence-electron chi connectivity index (χ1n) is 9.17. The third-order valence-corrected chi connectivity index (χ3v) is 6.19. The lowest BCUT2D eigenvalue weighted by Gasteiger charge is -2.26. The molecule has 0 saturated heterocycles. The average Bonchev–Trinajstić information content (AvgIpc) is 2.74. The van der Waals surface area contributed by atoms with Gasteiger partial charge >= 0.3 is 0 Å². The monoisotopic (exact) mass is 426 g/mol. The van der Waals surface area contributed by atoms with E-state index in [0.717, 1.165) is 9.87 Å². The molecule has 0 unspecified atom stereocenters. The van der Waals surface area contributed by atoms with E-state index in [0.29, 0.717) is 11.5 Å². The molecular weight excluding hydrogens is 404 g/mol. The fourth-order valence-corrected chi connectivity index (χ4v) is 4.22. The third kappa shape index (κ3) is 4.97. The van der Waals surface area contributed by atoms with Gasteiger partial charge in [0.1, 0.15) is 11.5 Å². The summed E-state index contributed by atoms with van der Waals surface area (Å²) < 4.78 is 33.0. The summed E-state index contributed by atoms with van der Waals surface area (Å²) in [5.74, 6) is 0.143. The van der Waals surface area contributed by atoms with Crippen LogP contribution in [0, 0.1) is 6.92 Å². The minimum Gasteiger partial charge on any atom is -0.457 e. The van der Waals surface area contributed by atoms with E-state index < -0.39 is 28.6 Å². The highest BCUT2D eigenvalue weighted by molar-refractivity contribution is 7.92. The maximum Gasteiger partial charge on any atom is 0.264 e. The summed E-state index contributed by atoms with van der Waals surface area (Å²) in [7, 11) is -4.03. The molecule has 0 radical (unpaired) electrons. The Morgan fingerprint density at radius 2 is 1.50 bits per heavy atom. The Morgan fingerprint density at radius 3 is 2.03 bits per heavy atom. The second-order valence-corrected chi connectivity index (χ2v) is 8.54. The Kier molecular flexibility index (Phi) is 6.39. The largest absolute Gasteiger partial charge is 0.457 e. The van der Waals surface area contributed by atoms with Crippen molar-refractivity contribution in [3.63, 3.8) is 0 Å². The predicted molar refractivity (Wildman–Crippen MR) is 114 cm³/mol. The molecule has 1 atom stereocenters. The normalized spacial score (nSPS) is 12.2. The molecule has 156 valence electrons. The van der Waals surface area contributed by atoms with Crippen LogP contribution in [-0.2, 0) is 14.8 Å². The summed E-state index contributed by atoms with van der Waals surface area (Å²) in [6.45, 7) is 1.46. The SMILES string of the molecule is Cc1ccc(Oc2ccc(N(C[C@H](O)C(N)=O)S(=O)(=O)c3ccccc3)cc2)cc1. The zero-order valence-electron chi connectivity index (χ0n) is 16.3. The Labute approximate surface area is 175 Å². The van der Waals surface area contributed by atoms with Gasteiger partial charge in [0, 0.05) is 0 Å². The maximum absolute atomic E-state index is 13.1. The number of ether oxygens (including phenoxy) is 1.